The molecule has 2 heterocycles. The van der Waals surface area contributed by atoms with Crippen LogP contribution in [0.5, 0.6) is 0 Å². The summed E-state index contributed by atoms with van der Waals surface area (Å²) in [6.45, 7) is 4.42. The molecule has 0 unspecified atom stereocenters. The molecule has 0 saturated carbocycles. The summed E-state index contributed by atoms with van der Waals surface area (Å²) >= 11 is 8.21. The van der Waals surface area contributed by atoms with Gasteiger partial charge in [0.05, 0.1) is 22.8 Å². The van der Waals surface area contributed by atoms with Crippen molar-refractivity contribution in [3.05, 3.63) is 144 Å². The summed E-state index contributed by atoms with van der Waals surface area (Å²) in [5.41, 5.74) is 4.76. The number of hydrogen-bond acceptors (Lipinski definition) is 6. The van der Waals surface area contributed by atoms with Gasteiger partial charge in [-0.05, 0) is 42.7 Å². The van der Waals surface area contributed by atoms with Crippen molar-refractivity contribution in [2.75, 3.05) is 23.8 Å². The van der Waals surface area contributed by atoms with Crippen LogP contribution in [0.4, 0.5) is 5.69 Å². The van der Waals surface area contributed by atoms with E-state index in [1.54, 1.807) is 39.9 Å². The van der Waals surface area contributed by atoms with Crippen LogP contribution in [-0.4, -0.2) is 45.3 Å². The number of halogens is 1. The predicted molar refractivity (Wildman–Crippen MR) is 175 cm³/mol. The molecule has 2 aromatic heterocycles. The van der Waals surface area contributed by atoms with E-state index in [4.69, 9.17) is 16.4 Å². The van der Waals surface area contributed by atoms with Crippen molar-refractivity contribution in [2.24, 2.45) is 5.16 Å². The molecule has 0 N–H and O–H groups in total. The number of carbonyl (C=O) groups is 1. The van der Waals surface area contributed by atoms with E-state index >= 15 is 0 Å². The van der Waals surface area contributed by atoms with Gasteiger partial charge in [-0.1, -0.05) is 108 Å². The van der Waals surface area contributed by atoms with Crippen molar-refractivity contribution in [2.45, 2.75) is 18.6 Å². The van der Waals surface area contributed by atoms with Crippen LogP contribution in [0.2, 0.25) is 5.15 Å². The zero-order valence-corrected chi connectivity index (χ0v) is 25.6. The molecule has 0 aliphatic rings. The van der Waals surface area contributed by atoms with Gasteiger partial charge in [0, 0.05) is 18.5 Å². The maximum absolute atomic E-state index is 14.2. The van der Waals surface area contributed by atoms with Gasteiger partial charge in [-0.3, -0.25) is 9.78 Å². The molecular weight excluding hydrogens is 578 g/mol. The number of carbonyl (C=O) groups excluding carboxylic acids is 1. The summed E-state index contributed by atoms with van der Waals surface area (Å²) in [6.07, 6.45) is 5.10. The van der Waals surface area contributed by atoms with Crippen molar-refractivity contribution < 1.29 is 9.63 Å². The molecule has 0 aliphatic carbocycles. The van der Waals surface area contributed by atoms with Crippen LogP contribution in [0.1, 0.15) is 30.5 Å². The van der Waals surface area contributed by atoms with Crippen LogP contribution >= 0.6 is 23.4 Å². The topological polar surface area (TPSA) is 72.6 Å². The first-order valence-electron chi connectivity index (χ1n) is 14.0. The Bertz CT molecular complexity index is 1550. The van der Waals surface area contributed by atoms with Gasteiger partial charge in [0.2, 0.25) is 0 Å². The Morgan fingerprint density at radius 1 is 0.907 bits per heavy atom. The van der Waals surface area contributed by atoms with Crippen molar-refractivity contribution in [3.63, 3.8) is 0 Å². The van der Waals surface area contributed by atoms with Crippen LogP contribution in [0.25, 0.3) is 5.69 Å². The normalized spacial score (nSPS) is 11.7. The molecule has 0 saturated heterocycles. The zero-order valence-electron chi connectivity index (χ0n) is 24.0. The minimum absolute atomic E-state index is 0.203. The third-order valence-corrected chi connectivity index (χ3v) is 8.76. The Morgan fingerprint density at radius 3 is 1.98 bits per heavy atom. The number of hydrogen-bond donors (Lipinski definition) is 0. The maximum atomic E-state index is 14.2. The van der Waals surface area contributed by atoms with Crippen LogP contribution in [0, 0.1) is 0 Å². The highest BCUT2D eigenvalue weighted by Gasteiger charge is 2.38. The highest BCUT2D eigenvalue weighted by molar-refractivity contribution is 8.01. The summed E-state index contributed by atoms with van der Waals surface area (Å²) in [7, 11) is 0. The van der Waals surface area contributed by atoms with Crippen molar-refractivity contribution in [1.29, 1.82) is 0 Å². The Balaban J connectivity index is 1.54. The lowest BCUT2D eigenvalue weighted by atomic mass is 9.84. The Hall–Kier alpha value is -4.40. The SMILES string of the molecule is CCON=C(CSC(c1ccccc1)(c1ccccc1)c1ccccc1)C(=O)N(CC)c1cn(-c2cccnc2)nc1Cl. The van der Waals surface area contributed by atoms with E-state index in [9.17, 15) is 4.79 Å². The summed E-state index contributed by atoms with van der Waals surface area (Å²) < 4.78 is 0.983. The van der Waals surface area contributed by atoms with Gasteiger partial charge in [-0.25, -0.2) is 4.68 Å². The van der Waals surface area contributed by atoms with Gasteiger partial charge in [-0.15, -0.1) is 11.8 Å². The van der Waals surface area contributed by atoms with E-state index in [-0.39, 0.29) is 22.5 Å². The number of oxime groups is 1. The van der Waals surface area contributed by atoms with Crippen LogP contribution in [0.3, 0.4) is 0 Å². The molecule has 7 nitrogen and oxygen atoms in total. The van der Waals surface area contributed by atoms with E-state index in [0.29, 0.717) is 18.8 Å². The molecule has 1 amide bonds. The van der Waals surface area contributed by atoms with Gasteiger partial charge in [0.1, 0.15) is 12.3 Å². The van der Waals surface area contributed by atoms with E-state index < -0.39 is 4.75 Å². The summed E-state index contributed by atoms with van der Waals surface area (Å²) in [5, 5.41) is 8.97. The second-order valence-electron chi connectivity index (χ2n) is 9.53. The van der Waals surface area contributed by atoms with Crippen molar-refractivity contribution >= 4 is 40.7 Å². The number of pyridine rings is 1. The molecule has 5 aromatic rings. The molecule has 3 aromatic carbocycles. The second-order valence-corrected chi connectivity index (χ2v) is 11.1. The highest BCUT2D eigenvalue weighted by atomic mass is 35.5. The number of anilines is 1. The maximum Gasteiger partial charge on any atom is 0.277 e. The quantitative estimate of drug-likeness (QED) is 0.0838. The smallest absolute Gasteiger partial charge is 0.277 e. The molecule has 218 valence electrons. The number of amides is 1. The lowest BCUT2D eigenvalue weighted by molar-refractivity contribution is -0.112. The van der Waals surface area contributed by atoms with Gasteiger partial charge in [-0.2, -0.15) is 5.10 Å². The van der Waals surface area contributed by atoms with E-state index in [1.807, 2.05) is 80.6 Å². The van der Waals surface area contributed by atoms with Crippen molar-refractivity contribution in [1.82, 2.24) is 14.8 Å². The average molecular weight is 610 g/mol. The minimum atomic E-state index is -0.628. The Labute approximate surface area is 261 Å². The number of thioether (sulfide) groups is 1. The molecule has 0 bridgehead atoms. The molecule has 0 aliphatic heterocycles. The van der Waals surface area contributed by atoms with Crippen LogP contribution in [-0.2, 0) is 14.4 Å². The van der Waals surface area contributed by atoms with Crippen LogP contribution < -0.4 is 4.90 Å². The average Bonchev–Trinajstić information content (AvgIpc) is 3.45. The first-order chi connectivity index (χ1) is 21.1. The van der Waals surface area contributed by atoms with Crippen molar-refractivity contribution in [3.8, 4) is 5.69 Å². The van der Waals surface area contributed by atoms with Gasteiger partial charge < -0.3 is 9.74 Å². The second kappa shape index (κ2) is 14.2. The zero-order chi connectivity index (χ0) is 30.1. The fourth-order valence-electron chi connectivity index (χ4n) is 4.94. The molecule has 0 fully saturated rings. The van der Waals surface area contributed by atoms with Gasteiger partial charge in [0.25, 0.3) is 5.91 Å². The minimum Gasteiger partial charge on any atom is -0.396 e. The lowest BCUT2D eigenvalue weighted by Crippen LogP contribution is -2.39. The number of nitrogens with zero attached hydrogens (tertiary/aromatic N) is 5. The third-order valence-electron chi connectivity index (χ3n) is 6.93. The Morgan fingerprint density at radius 2 is 1.49 bits per heavy atom. The molecule has 5 rings (SSSR count). The predicted octanol–water partition coefficient (Wildman–Crippen LogP) is 7.39. The summed E-state index contributed by atoms with van der Waals surface area (Å²) in [5.74, 6) is -0.0401. The number of aromatic nitrogens is 3. The lowest BCUT2D eigenvalue weighted by Gasteiger charge is -2.35. The van der Waals surface area contributed by atoms with Gasteiger partial charge >= 0.3 is 0 Å². The van der Waals surface area contributed by atoms with Crippen LogP contribution in [0.15, 0.2) is 127 Å². The fraction of sp³-hybridized carbons (Fsp3) is 0.176. The number of rotatable bonds is 12. The Kier molecular flexibility index (Phi) is 9.92. The molecular formula is C34H32ClN5O2S. The van der Waals surface area contributed by atoms with E-state index in [2.05, 4.69) is 51.6 Å². The summed E-state index contributed by atoms with van der Waals surface area (Å²) in [4.78, 5) is 25.4. The monoisotopic (exact) mass is 609 g/mol. The molecule has 0 radical (unpaired) electrons. The first-order valence-corrected chi connectivity index (χ1v) is 15.4. The van der Waals surface area contributed by atoms with Gasteiger partial charge in [0.15, 0.2) is 10.9 Å². The largest absolute Gasteiger partial charge is 0.396 e. The third kappa shape index (κ3) is 6.50. The molecule has 0 atom stereocenters. The highest BCUT2D eigenvalue weighted by Crippen LogP contribution is 2.48. The molecule has 43 heavy (non-hydrogen) atoms. The molecule has 9 heteroatoms. The first kappa shape index (κ1) is 30.1. The molecule has 0 spiro atoms. The fourth-order valence-corrected chi connectivity index (χ4v) is 6.61. The standard InChI is InChI=1S/C34H32ClN5O2S/c1-3-39(31-24-40(37-32(31)35)29-21-14-22-36-23-29)33(41)30(38-42-4-2)25-43-34(26-15-8-5-9-16-26,27-17-10-6-11-18-27)28-19-12-7-13-20-28/h5-24H,3-4,25H2,1-2H3. The number of benzene rings is 3. The van der Waals surface area contributed by atoms with E-state index in [0.717, 1.165) is 22.4 Å². The summed E-state index contributed by atoms with van der Waals surface area (Å²) in [6, 6.07) is 34.7. The van der Waals surface area contributed by atoms with E-state index in [1.165, 1.54) is 0 Å².